The summed E-state index contributed by atoms with van der Waals surface area (Å²) in [7, 11) is -3.69. The fourth-order valence-electron chi connectivity index (χ4n) is 3.74. The molecule has 0 spiro atoms. The lowest BCUT2D eigenvalue weighted by Crippen LogP contribution is -2.52. The van der Waals surface area contributed by atoms with Crippen LogP contribution in [0.15, 0.2) is 48.5 Å². The fraction of sp³-hybridized carbons (Fsp3) is 0.435. The van der Waals surface area contributed by atoms with Crippen molar-refractivity contribution in [3.63, 3.8) is 0 Å². The van der Waals surface area contributed by atoms with Crippen LogP contribution >= 0.6 is 0 Å². The normalized spacial score (nSPS) is 15.1. The van der Waals surface area contributed by atoms with Crippen LogP contribution in [0.25, 0.3) is 0 Å². The van der Waals surface area contributed by atoms with E-state index < -0.39 is 21.8 Å². The summed E-state index contributed by atoms with van der Waals surface area (Å²) in [5, 5.41) is 0. The highest BCUT2D eigenvalue weighted by Gasteiger charge is 2.31. The number of hydrogen-bond acceptors (Lipinski definition) is 4. The van der Waals surface area contributed by atoms with Crippen molar-refractivity contribution >= 4 is 27.3 Å². The van der Waals surface area contributed by atoms with Gasteiger partial charge in [-0.2, -0.15) is 13.2 Å². The van der Waals surface area contributed by atoms with Crippen LogP contribution < -0.4 is 9.21 Å². The van der Waals surface area contributed by atoms with Gasteiger partial charge in [-0.25, -0.2) is 8.42 Å². The monoisotopic (exact) mass is 483 g/mol. The van der Waals surface area contributed by atoms with Crippen LogP contribution in [-0.4, -0.2) is 58.2 Å². The molecule has 1 aliphatic heterocycles. The lowest BCUT2D eigenvalue weighted by atomic mass is 10.0. The molecule has 0 N–H and O–H groups in total. The molecule has 0 bridgehead atoms. The number of amides is 1. The van der Waals surface area contributed by atoms with Gasteiger partial charge in [0.15, 0.2) is 0 Å². The average molecular weight is 484 g/mol. The highest BCUT2D eigenvalue weighted by molar-refractivity contribution is 7.92. The van der Waals surface area contributed by atoms with Crippen LogP contribution in [0.1, 0.15) is 30.9 Å². The van der Waals surface area contributed by atoms with E-state index in [1.807, 2.05) is 26.0 Å². The molecule has 2 aromatic carbocycles. The second-order valence-corrected chi connectivity index (χ2v) is 10.3. The first-order chi connectivity index (χ1) is 15.4. The molecule has 6 nitrogen and oxygen atoms in total. The van der Waals surface area contributed by atoms with Gasteiger partial charge in [0.25, 0.3) is 0 Å². The Kier molecular flexibility index (Phi) is 7.26. The quantitative estimate of drug-likeness (QED) is 0.625. The molecule has 180 valence electrons. The van der Waals surface area contributed by atoms with Crippen LogP contribution in [-0.2, 0) is 21.0 Å². The summed E-state index contributed by atoms with van der Waals surface area (Å²) in [6.45, 7) is 5.03. The number of alkyl halides is 3. The first kappa shape index (κ1) is 24.9. The van der Waals surface area contributed by atoms with Crippen LogP contribution in [0.2, 0.25) is 0 Å². The van der Waals surface area contributed by atoms with Crippen molar-refractivity contribution in [2.45, 2.75) is 25.9 Å². The smallest absolute Gasteiger partial charge is 0.368 e. The van der Waals surface area contributed by atoms with Gasteiger partial charge in [-0.15, -0.1) is 0 Å². The van der Waals surface area contributed by atoms with Crippen molar-refractivity contribution in [2.24, 2.45) is 0 Å². The highest BCUT2D eigenvalue weighted by Crippen LogP contribution is 2.32. The predicted molar refractivity (Wildman–Crippen MR) is 123 cm³/mol. The number of carbonyl (C=O) groups is 1. The maximum Gasteiger partial charge on any atom is 0.416 e. The third kappa shape index (κ3) is 6.19. The van der Waals surface area contributed by atoms with Gasteiger partial charge in [0.1, 0.15) is 6.54 Å². The number of carbonyl (C=O) groups excluding carboxylic acids is 1. The number of benzene rings is 2. The first-order valence-electron chi connectivity index (χ1n) is 10.6. The minimum Gasteiger partial charge on any atom is -0.368 e. The maximum atomic E-state index is 13.0. The van der Waals surface area contributed by atoms with Crippen molar-refractivity contribution < 1.29 is 26.4 Å². The Labute approximate surface area is 192 Å². The maximum absolute atomic E-state index is 13.0. The lowest BCUT2D eigenvalue weighted by molar-refractivity contribution is -0.137. The molecular weight excluding hydrogens is 455 g/mol. The van der Waals surface area contributed by atoms with E-state index in [4.69, 9.17) is 0 Å². The van der Waals surface area contributed by atoms with E-state index in [2.05, 4.69) is 0 Å². The molecule has 2 aromatic rings. The fourth-order valence-corrected chi connectivity index (χ4v) is 4.59. The second kappa shape index (κ2) is 9.62. The molecule has 0 aliphatic carbocycles. The number of halogens is 3. The van der Waals surface area contributed by atoms with Crippen molar-refractivity contribution in [3.05, 3.63) is 59.7 Å². The van der Waals surface area contributed by atoms with Gasteiger partial charge >= 0.3 is 6.18 Å². The number of piperazine rings is 1. The highest BCUT2D eigenvalue weighted by atomic mass is 32.2. The standard InChI is InChI=1S/C23H28F3N3O3S/c1-17(2)18-7-9-20(10-8-18)29(33(3,31)32)16-22(30)28-13-11-27(12-14-28)21-6-4-5-19(15-21)23(24,25)26/h4-10,15,17H,11-14,16H2,1-3H3. The van der Waals surface area contributed by atoms with Gasteiger partial charge in [0.05, 0.1) is 17.5 Å². The molecule has 3 rings (SSSR count). The molecule has 1 amide bonds. The summed E-state index contributed by atoms with van der Waals surface area (Å²) < 4.78 is 64.8. The Balaban J connectivity index is 1.67. The van der Waals surface area contributed by atoms with Gasteiger partial charge < -0.3 is 9.80 Å². The molecule has 0 aromatic heterocycles. The Morgan fingerprint density at radius 1 is 1.03 bits per heavy atom. The van der Waals surface area contributed by atoms with Gasteiger partial charge in [0, 0.05) is 31.9 Å². The van der Waals surface area contributed by atoms with Crippen LogP contribution in [0.4, 0.5) is 24.5 Å². The van der Waals surface area contributed by atoms with Gasteiger partial charge in [-0.1, -0.05) is 32.0 Å². The summed E-state index contributed by atoms with van der Waals surface area (Å²) in [6, 6.07) is 12.2. The SMILES string of the molecule is CC(C)c1ccc(N(CC(=O)N2CCN(c3cccc(C(F)(F)F)c3)CC2)S(C)(=O)=O)cc1. The predicted octanol–water partition coefficient (Wildman–Crippen LogP) is 3.94. The molecule has 1 fully saturated rings. The largest absolute Gasteiger partial charge is 0.416 e. The molecule has 10 heteroatoms. The second-order valence-electron chi connectivity index (χ2n) is 8.43. The van der Waals surface area contributed by atoms with Crippen LogP contribution in [0.3, 0.4) is 0 Å². The van der Waals surface area contributed by atoms with E-state index in [0.29, 0.717) is 43.5 Å². The van der Waals surface area contributed by atoms with Crippen molar-refractivity contribution in [1.82, 2.24) is 4.90 Å². The number of rotatable bonds is 6. The Morgan fingerprint density at radius 3 is 2.15 bits per heavy atom. The van der Waals surface area contributed by atoms with E-state index >= 15 is 0 Å². The number of anilines is 2. The Bertz CT molecular complexity index is 1080. The van der Waals surface area contributed by atoms with E-state index in [9.17, 15) is 26.4 Å². The zero-order chi connectivity index (χ0) is 24.4. The van der Waals surface area contributed by atoms with E-state index in [0.717, 1.165) is 28.3 Å². The lowest BCUT2D eigenvalue weighted by Gasteiger charge is -2.37. The molecule has 33 heavy (non-hydrogen) atoms. The van der Waals surface area contributed by atoms with Gasteiger partial charge in [-0.3, -0.25) is 9.10 Å². The van der Waals surface area contributed by atoms with E-state index in [1.54, 1.807) is 28.0 Å². The summed E-state index contributed by atoms with van der Waals surface area (Å²) >= 11 is 0. The first-order valence-corrected chi connectivity index (χ1v) is 12.5. The van der Waals surface area contributed by atoms with Crippen molar-refractivity contribution in [1.29, 1.82) is 0 Å². The molecule has 0 radical (unpaired) electrons. The van der Waals surface area contributed by atoms with Crippen molar-refractivity contribution in [2.75, 3.05) is 48.2 Å². The Hall–Kier alpha value is -2.75. The molecule has 1 saturated heterocycles. The average Bonchev–Trinajstić information content (AvgIpc) is 2.76. The summed E-state index contributed by atoms with van der Waals surface area (Å²) in [4.78, 5) is 16.2. The van der Waals surface area contributed by atoms with Crippen LogP contribution in [0, 0.1) is 0 Å². The van der Waals surface area contributed by atoms with Crippen molar-refractivity contribution in [3.8, 4) is 0 Å². The molecule has 0 unspecified atom stereocenters. The number of nitrogens with zero attached hydrogens (tertiary/aromatic N) is 3. The summed E-state index contributed by atoms with van der Waals surface area (Å²) in [5.41, 5.74) is 1.20. The molecule has 0 saturated carbocycles. The summed E-state index contributed by atoms with van der Waals surface area (Å²) in [6.07, 6.45) is -3.36. The molecule has 1 aliphatic rings. The summed E-state index contributed by atoms with van der Waals surface area (Å²) in [5.74, 6) is -0.0578. The molecule has 0 atom stereocenters. The molecular formula is C23H28F3N3O3S. The topological polar surface area (TPSA) is 60.9 Å². The minimum atomic E-state index is -4.42. The third-order valence-corrected chi connectivity index (χ3v) is 6.84. The third-order valence-electron chi connectivity index (χ3n) is 5.70. The zero-order valence-electron chi connectivity index (χ0n) is 18.8. The molecule has 1 heterocycles. The number of hydrogen-bond donors (Lipinski definition) is 0. The van der Waals surface area contributed by atoms with Crippen LogP contribution in [0.5, 0.6) is 0 Å². The Morgan fingerprint density at radius 2 is 1.64 bits per heavy atom. The number of sulfonamides is 1. The van der Waals surface area contributed by atoms with Gasteiger partial charge in [-0.05, 0) is 41.8 Å². The van der Waals surface area contributed by atoms with E-state index in [-0.39, 0.29) is 12.5 Å². The zero-order valence-corrected chi connectivity index (χ0v) is 19.7. The van der Waals surface area contributed by atoms with E-state index in [1.165, 1.54) is 6.07 Å². The van der Waals surface area contributed by atoms with Gasteiger partial charge in [0.2, 0.25) is 15.9 Å². The minimum absolute atomic E-state index is 0.291.